The molecular weight excluding hydrogens is 585 g/mol. The van der Waals surface area contributed by atoms with E-state index in [4.69, 9.17) is 10.00 Å². The van der Waals surface area contributed by atoms with Crippen LogP contribution in [0.5, 0.6) is 0 Å². The van der Waals surface area contributed by atoms with Crippen molar-refractivity contribution in [3.05, 3.63) is 42.0 Å². The Morgan fingerprint density at radius 1 is 1.18 bits per heavy atom. The Kier molecular flexibility index (Phi) is 10.6. The van der Waals surface area contributed by atoms with E-state index >= 15 is 0 Å². The summed E-state index contributed by atoms with van der Waals surface area (Å²) < 4.78 is 80.3. The lowest BCUT2D eigenvalue weighted by molar-refractivity contribution is -0.176. The maximum absolute atomic E-state index is 14.8. The zero-order chi connectivity index (χ0) is 32.9. The first-order valence-corrected chi connectivity index (χ1v) is 14.3. The molecule has 2 fully saturated rings. The number of ether oxygens (including phenoxy) is 1. The molecule has 4 rings (SSSR count). The Balaban J connectivity index is 0.000000404. The van der Waals surface area contributed by atoms with Crippen LogP contribution in [0.15, 0.2) is 36.4 Å². The highest BCUT2D eigenvalue weighted by molar-refractivity contribution is 6.23. The summed E-state index contributed by atoms with van der Waals surface area (Å²) in [6.07, 6.45) is 0.910. The van der Waals surface area contributed by atoms with Crippen molar-refractivity contribution in [1.29, 1.82) is 5.26 Å². The third-order valence-corrected chi connectivity index (χ3v) is 8.26. The number of hydrogen-bond donors (Lipinski definition) is 1. The van der Waals surface area contributed by atoms with Gasteiger partial charge in [0.15, 0.2) is 6.19 Å². The van der Waals surface area contributed by atoms with Gasteiger partial charge in [0.2, 0.25) is 5.92 Å². The summed E-state index contributed by atoms with van der Waals surface area (Å²) in [4.78, 5) is 26.1. The lowest BCUT2D eigenvalue weighted by atomic mass is 9.85. The smallest absolute Gasteiger partial charge is 0.379 e. The van der Waals surface area contributed by atoms with Crippen molar-refractivity contribution >= 4 is 29.8 Å². The number of aldehydes is 1. The molecule has 1 aromatic carbocycles. The van der Waals surface area contributed by atoms with Crippen LogP contribution >= 0.6 is 0 Å². The predicted octanol–water partition coefficient (Wildman–Crippen LogP) is 4.32. The van der Waals surface area contributed by atoms with Gasteiger partial charge in [-0.15, -0.1) is 0 Å². The van der Waals surface area contributed by atoms with Gasteiger partial charge in [-0.1, -0.05) is 37.6 Å². The molecule has 3 unspecified atom stereocenters. The standard InChI is InChI=1S/C24H28F5N3O.C7H10N2O2/c1-21(2,3)16-7-9-18(10-8-16)32(4)23(24(27,28)29,19-6-5-15-30-19)20(33)31-17-11-13-22(25,26)14-12-17;1-11-7-2-6(4-10)9(3-7)5-8/h5-10,15,17H,11-14H2,1-4H3;4,6-7H,2-3H2,1H3/p+1. The molecule has 1 aliphatic carbocycles. The number of hydrogen-bond acceptors (Lipinski definition) is 6. The van der Waals surface area contributed by atoms with Crippen molar-refractivity contribution in [3.8, 4) is 6.19 Å². The van der Waals surface area contributed by atoms with Crippen LogP contribution in [-0.4, -0.2) is 85.5 Å². The number of nitriles is 1. The van der Waals surface area contributed by atoms with Crippen molar-refractivity contribution < 1.29 is 36.3 Å². The number of alkyl halides is 5. The molecule has 2 heterocycles. The van der Waals surface area contributed by atoms with Crippen molar-refractivity contribution in [1.82, 2.24) is 14.9 Å². The summed E-state index contributed by atoms with van der Waals surface area (Å²) in [7, 11) is 2.79. The van der Waals surface area contributed by atoms with Crippen LogP contribution in [0.3, 0.4) is 0 Å². The van der Waals surface area contributed by atoms with E-state index in [0.717, 1.165) is 22.8 Å². The third kappa shape index (κ3) is 7.48. The number of carbonyl (C=O) groups excluding carboxylic acids is 2. The largest absolute Gasteiger partial charge is 0.432 e. The average Bonchev–Trinajstić information content (AvgIpc) is 3.64. The highest BCUT2D eigenvalue weighted by atomic mass is 19.4. The van der Waals surface area contributed by atoms with Gasteiger partial charge in [-0.05, 0) is 36.0 Å². The second kappa shape index (κ2) is 13.5. The molecule has 0 radical (unpaired) electrons. The predicted molar refractivity (Wildman–Crippen MR) is 158 cm³/mol. The Hall–Kier alpha value is -3.75. The van der Waals surface area contributed by atoms with Gasteiger partial charge in [0.25, 0.3) is 12.1 Å². The van der Waals surface area contributed by atoms with Crippen molar-refractivity contribution in [2.45, 2.75) is 94.1 Å². The molecular formula is C31H39F5N5O3+. The summed E-state index contributed by atoms with van der Waals surface area (Å²) in [6, 6.07) is 5.49. The van der Waals surface area contributed by atoms with Crippen LogP contribution in [0, 0.1) is 11.5 Å². The molecule has 240 valence electrons. The molecule has 0 spiro atoms. The van der Waals surface area contributed by atoms with Crippen molar-refractivity contribution in [2.75, 3.05) is 25.6 Å². The van der Waals surface area contributed by atoms with E-state index in [0.29, 0.717) is 13.0 Å². The number of anilines is 1. The van der Waals surface area contributed by atoms with Crippen molar-refractivity contribution in [2.24, 2.45) is 0 Å². The van der Waals surface area contributed by atoms with Crippen LogP contribution in [-0.2, 0) is 19.7 Å². The summed E-state index contributed by atoms with van der Waals surface area (Å²) in [6.45, 7) is 6.50. The fraction of sp³-hybridized carbons (Fsp3) is 0.581. The fourth-order valence-corrected chi connectivity index (χ4v) is 5.51. The zero-order valence-corrected chi connectivity index (χ0v) is 25.5. The lowest BCUT2D eigenvalue weighted by Gasteiger charge is -2.40. The number of carbonyl (C=O) groups is 2. The summed E-state index contributed by atoms with van der Waals surface area (Å²) in [5.74, 6) is -4.19. The molecule has 0 bridgehead atoms. The first kappa shape index (κ1) is 34.7. The van der Waals surface area contributed by atoms with Gasteiger partial charge < -0.3 is 19.7 Å². The minimum Gasteiger partial charge on any atom is -0.379 e. The van der Waals surface area contributed by atoms with Gasteiger partial charge in [0.05, 0.1) is 18.7 Å². The molecule has 8 nitrogen and oxygen atoms in total. The van der Waals surface area contributed by atoms with E-state index in [-0.39, 0.29) is 36.1 Å². The van der Waals surface area contributed by atoms with Gasteiger partial charge in [-0.25, -0.2) is 8.78 Å². The van der Waals surface area contributed by atoms with Crippen LogP contribution in [0.4, 0.5) is 27.6 Å². The first-order chi connectivity index (χ1) is 20.5. The highest BCUT2D eigenvalue weighted by Gasteiger charge is 2.71. The molecule has 3 atom stereocenters. The van der Waals surface area contributed by atoms with E-state index in [9.17, 15) is 31.5 Å². The molecule has 3 aliphatic rings. The van der Waals surface area contributed by atoms with Gasteiger partial charge in [-0.2, -0.15) is 18.4 Å². The number of likely N-dealkylation sites (N-methyl/N-ethyl adjacent to an activating group) is 1. The topological polar surface area (TPSA) is 99.8 Å². The maximum atomic E-state index is 14.8. The highest BCUT2D eigenvalue weighted by Crippen LogP contribution is 2.41. The Morgan fingerprint density at radius 3 is 2.23 bits per heavy atom. The Morgan fingerprint density at radius 2 is 1.80 bits per heavy atom. The van der Waals surface area contributed by atoms with E-state index in [1.54, 1.807) is 31.4 Å². The number of halogens is 5. The molecule has 1 saturated heterocycles. The number of likely N-dealkylation sites (tertiary alicyclic amines) is 1. The van der Waals surface area contributed by atoms with E-state index in [1.165, 1.54) is 24.2 Å². The molecule has 0 aromatic heterocycles. The van der Waals surface area contributed by atoms with Crippen LogP contribution in [0.2, 0.25) is 0 Å². The number of benzene rings is 1. The van der Waals surface area contributed by atoms with Crippen molar-refractivity contribution in [3.63, 3.8) is 0 Å². The molecule has 44 heavy (non-hydrogen) atoms. The third-order valence-electron chi connectivity index (χ3n) is 8.26. The minimum absolute atomic E-state index is 0.0323. The monoisotopic (exact) mass is 624 g/mol. The van der Waals surface area contributed by atoms with Crippen LogP contribution in [0.25, 0.3) is 0 Å². The lowest BCUT2D eigenvalue weighted by Crippen LogP contribution is -2.71. The van der Waals surface area contributed by atoms with Gasteiger partial charge >= 0.3 is 17.4 Å². The molecule has 2 aliphatic heterocycles. The van der Waals surface area contributed by atoms with Gasteiger partial charge in [0.1, 0.15) is 6.29 Å². The fourth-order valence-electron chi connectivity index (χ4n) is 5.51. The number of amides is 1. The second-order valence-corrected chi connectivity index (χ2v) is 12.2. The number of allylic oxidation sites excluding steroid dienone is 1. The minimum atomic E-state index is -5.05. The maximum Gasteiger partial charge on any atom is 0.432 e. The second-order valence-electron chi connectivity index (χ2n) is 12.2. The average molecular weight is 625 g/mol. The first-order valence-electron chi connectivity index (χ1n) is 14.3. The van der Waals surface area contributed by atoms with E-state index in [2.05, 4.69) is 9.98 Å². The van der Waals surface area contributed by atoms with Gasteiger partial charge in [-0.3, -0.25) is 9.69 Å². The Labute approximate surface area is 254 Å². The van der Waals surface area contributed by atoms with Crippen LogP contribution in [0.1, 0.15) is 58.4 Å². The summed E-state index contributed by atoms with van der Waals surface area (Å²) in [5, 5.41) is 10.9. The number of methoxy groups -OCH3 is 1. The zero-order valence-electron chi connectivity index (χ0n) is 25.5. The van der Waals surface area contributed by atoms with Gasteiger partial charge in [0, 0.05) is 57.3 Å². The van der Waals surface area contributed by atoms with E-state index < -0.39 is 48.1 Å². The molecule has 1 N–H and O–H groups in total. The SMILES string of the molecule is CN(c1ccc(C(C)(C)C)cc1)C(C(=O)NC1CCC(F)(F)CC1)(C1=[N+]=CC=C1)C(F)(F)F.COC1CC(C=O)N(C#N)C1. The number of rotatable bonds is 7. The number of nitrogens with zero attached hydrogens (tertiary/aromatic N) is 4. The van der Waals surface area contributed by atoms with Crippen LogP contribution < -0.4 is 14.9 Å². The Bertz CT molecular complexity index is 1320. The molecule has 1 aromatic rings. The number of nitrogens with one attached hydrogen (secondary N) is 1. The summed E-state index contributed by atoms with van der Waals surface area (Å²) in [5.41, 5.74) is -2.70. The molecule has 1 saturated carbocycles. The molecule has 13 heteroatoms. The summed E-state index contributed by atoms with van der Waals surface area (Å²) >= 11 is 0. The molecule has 1 amide bonds. The van der Waals surface area contributed by atoms with E-state index in [1.807, 2.05) is 27.0 Å². The quantitative estimate of drug-likeness (QED) is 0.210. The normalized spacial score (nSPS) is 22.8.